The molecular weight excluding hydrogens is 251 g/mol. The highest BCUT2D eigenvalue weighted by Crippen LogP contribution is 2.46. The summed E-state index contributed by atoms with van der Waals surface area (Å²) in [7, 11) is 0. The van der Waals surface area contributed by atoms with E-state index in [9.17, 15) is 5.11 Å². The van der Waals surface area contributed by atoms with Crippen LogP contribution >= 0.6 is 35.0 Å². The molecule has 1 aliphatic rings. The fourth-order valence-corrected chi connectivity index (χ4v) is 3.23. The van der Waals surface area contributed by atoms with E-state index in [1.807, 2.05) is 18.2 Å². The molecule has 0 spiro atoms. The van der Waals surface area contributed by atoms with Gasteiger partial charge in [-0.2, -0.15) is 0 Å². The van der Waals surface area contributed by atoms with Crippen LogP contribution in [0, 0.1) is 0 Å². The molecule has 0 saturated carbocycles. The smallest absolute Gasteiger partial charge is 0.0701 e. The second kappa shape index (κ2) is 4.79. The van der Waals surface area contributed by atoms with Gasteiger partial charge in [0.1, 0.15) is 0 Å². The van der Waals surface area contributed by atoms with Gasteiger partial charge in [0.25, 0.3) is 0 Å². The van der Waals surface area contributed by atoms with Crippen LogP contribution in [-0.2, 0) is 6.61 Å². The third-order valence-electron chi connectivity index (χ3n) is 2.37. The molecule has 1 aromatic rings. The van der Waals surface area contributed by atoms with Crippen molar-refractivity contribution in [2.45, 2.75) is 18.3 Å². The van der Waals surface area contributed by atoms with Gasteiger partial charge in [0.15, 0.2) is 0 Å². The first-order valence-corrected chi connectivity index (χ1v) is 6.26. The summed E-state index contributed by atoms with van der Waals surface area (Å²) in [6.45, 7) is 0.0428. The topological polar surface area (TPSA) is 20.2 Å². The number of aliphatic hydroxyl groups is 1. The second-order valence-electron chi connectivity index (χ2n) is 3.35. The fraction of sp³-hybridized carbons (Fsp3) is 0.273. The third kappa shape index (κ3) is 2.51. The number of halogens is 2. The molecule has 0 fully saturated rings. The van der Waals surface area contributed by atoms with Gasteiger partial charge in [0.2, 0.25) is 0 Å². The molecule has 1 nitrogen and oxygen atoms in total. The van der Waals surface area contributed by atoms with Crippen LogP contribution in [0.25, 0.3) is 0 Å². The lowest BCUT2D eigenvalue weighted by Crippen LogP contribution is -1.97. The molecule has 1 N–H and O–H groups in total. The lowest BCUT2D eigenvalue weighted by molar-refractivity contribution is 0.280. The average molecular weight is 261 g/mol. The van der Waals surface area contributed by atoms with Crippen molar-refractivity contribution in [3.05, 3.63) is 44.8 Å². The molecule has 1 unspecified atom stereocenters. The van der Waals surface area contributed by atoms with E-state index in [4.69, 9.17) is 23.2 Å². The highest BCUT2D eigenvalue weighted by atomic mass is 35.5. The number of hydrogen-bond donors (Lipinski definition) is 1. The van der Waals surface area contributed by atoms with E-state index >= 15 is 0 Å². The number of benzene rings is 1. The molecule has 0 amide bonds. The molecule has 0 aromatic heterocycles. The molecule has 1 atom stereocenters. The highest BCUT2D eigenvalue weighted by molar-refractivity contribution is 8.05. The van der Waals surface area contributed by atoms with E-state index in [1.165, 1.54) is 0 Å². The molecule has 2 rings (SSSR count). The molecule has 4 heteroatoms. The standard InChI is InChI=1S/C11H10Cl2OS/c12-8-2-1-7(6-14)9(5-8)10-3-4-11(13)15-10/h1-2,4-5,10,14H,3,6H2. The Morgan fingerprint density at radius 1 is 1.40 bits per heavy atom. The lowest BCUT2D eigenvalue weighted by Gasteiger charge is -2.14. The monoisotopic (exact) mass is 260 g/mol. The van der Waals surface area contributed by atoms with Crippen molar-refractivity contribution in [3.63, 3.8) is 0 Å². The van der Waals surface area contributed by atoms with Gasteiger partial charge in [0.05, 0.1) is 11.0 Å². The van der Waals surface area contributed by atoms with Crippen LogP contribution < -0.4 is 0 Å². The van der Waals surface area contributed by atoms with E-state index in [2.05, 4.69) is 0 Å². The molecule has 0 aliphatic carbocycles. The summed E-state index contributed by atoms with van der Waals surface area (Å²) in [5.41, 5.74) is 2.01. The molecule has 0 bridgehead atoms. The predicted octanol–water partition coefficient (Wildman–Crippen LogP) is 4.09. The first-order chi connectivity index (χ1) is 7.20. The van der Waals surface area contributed by atoms with E-state index in [0.29, 0.717) is 10.3 Å². The summed E-state index contributed by atoms with van der Waals surface area (Å²) in [6, 6.07) is 5.57. The van der Waals surface area contributed by atoms with E-state index in [0.717, 1.165) is 21.9 Å². The summed E-state index contributed by atoms with van der Waals surface area (Å²) < 4.78 is 0.823. The molecule has 80 valence electrons. The number of hydrogen-bond acceptors (Lipinski definition) is 2. The Balaban J connectivity index is 2.30. The summed E-state index contributed by atoms with van der Waals surface area (Å²) in [4.78, 5) is 0. The van der Waals surface area contributed by atoms with Crippen LogP contribution in [0.4, 0.5) is 0 Å². The minimum Gasteiger partial charge on any atom is -0.392 e. The minimum absolute atomic E-state index is 0.0428. The number of thioether (sulfide) groups is 1. The van der Waals surface area contributed by atoms with Gasteiger partial charge in [-0.05, 0) is 29.7 Å². The van der Waals surface area contributed by atoms with Gasteiger partial charge in [0, 0.05) is 10.3 Å². The maximum absolute atomic E-state index is 9.23. The van der Waals surface area contributed by atoms with Crippen LogP contribution in [0.2, 0.25) is 5.02 Å². The summed E-state index contributed by atoms with van der Waals surface area (Å²) in [6.07, 6.45) is 2.90. The van der Waals surface area contributed by atoms with Crippen molar-refractivity contribution in [1.29, 1.82) is 0 Å². The van der Waals surface area contributed by atoms with Crippen LogP contribution in [0.5, 0.6) is 0 Å². The van der Waals surface area contributed by atoms with Crippen molar-refractivity contribution >= 4 is 35.0 Å². The Bertz CT molecular complexity index is 404. The molecule has 1 aromatic carbocycles. The molecule has 15 heavy (non-hydrogen) atoms. The van der Waals surface area contributed by atoms with Crippen molar-refractivity contribution in [2.24, 2.45) is 0 Å². The van der Waals surface area contributed by atoms with Crippen molar-refractivity contribution in [2.75, 3.05) is 0 Å². The second-order valence-corrected chi connectivity index (χ2v) is 5.66. The van der Waals surface area contributed by atoms with E-state index < -0.39 is 0 Å². The molecule has 0 radical (unpaired) electrons. The van der Waals surface area contributed by atoms with Crippen LogP contribution in [0.3, 0.4) is 0 Å². The van der Waals surface area contributed by atoms with Crippen molar-refractivity contribution < 1.29 is 5.11 Å². The number of rotatable bonds is 2. The summed E-state index contributed by atoms with van der Waals surface area (Å²) >= 11 is 13.5. The van der Waals surface area contributed by atoms with Gasteiger partial charge in [-0.1, -0.05) is 35.3 Å². The van der Waals surface area contributed by atoms with Gasteiger partial charge < -0.3 is 5.11 Å². The summed E-state index contributed by atoms with van der Waals surface area (Å²) in [5, 5.41) is 10.2. The predicted molar refractivity (Wildman–Crippen MR) is 66.3 cm³/mol. The Morgan fingerprint density at radius 3 is 2.80 bits per heavy atom. The third-order valence-corrected chi connectivity index (χ3v) is 4.15. The van der Waals surface area contributed by atoms with Gasteiger partial charge in [-0.3, -0.25) is 0 Å². The fourth-order valence-electron chi connectivity index (χ4n) is 1.63. The normalized spacial score (nSPS) is 20.5. The highest BCUT2D eigenvalue weighted by Gasteiger charge is 2.21. The maximum atomic E-state index is 9.23. The largest absolute Gasteiger partial charge is 0.392 e. The lowest BCUT2D eigenvalue weighted by atomic mass is 10.0. The van der Waals surface area contributed by atoms with Gasteiger partial charge >= 0.3 is 0 Å². The van der Waals surface area contributed by atoms with Crippen LogP contribution in [-0.4, -0.2) is 5.11 Å². The van der Waals surface area contributed by atoms with Crippen LogP contribution in [0.1, 0.15) is 22.8 Å². The summed E-state index contributed by atoms with van der Waals surface area (Å²) in [5.74, 6) is 0. The van der Waals surface area contributed by atoms with Crippen molar-refractivity contribution in [1.82, 2.24) is 0 Å². The Labute approximate surface area is 103 Å². The quantitative estimate of drug-likeness (QED) is 0.865. The SMILES string of the molecule is OCc1ccc(Cl)cc1C1CC=C(Cl)S1. The zero-order valence-electron chi connectivity index (χ0n) is 7.91. The Hall–Kier alpha value is -0.150. The van der Waals surface area contributed by atoms with Crippen LogP contribution in [0.15, 0.2) is 28.6 Å². The zero-order chi connectivity index (χ0) is 10.8. The zero-order valence-corrected chi connectivity index (χ0v) is 10.2. The Kier molecular flexibility index (Phi) is 3.62. The first kappa shape index (κ1) is 11.3. The average Bonchev–Trinajstić information content (AvgIpc) is 2.65. The number of aliphatic hydroxyl groups excluding tert-OH is 1. The molecule has 1 aliphatic heterocycles. The minimum atomic E-state index is 0.0428. The van der Waals surface area contributed by atoms with Gasteiger partial charge in [-0.25, -0.2) is 0 Å². The van der Waals surface area contributed by atoms with E-state index in [-0.39, 0.29) is 6.61 Å². The number of allylic oxidation sites excluding steroid dienone is 1. The molecule has 0 saturated heterocycles. The Morgan fingerprint density at radius 2 is 2.20 bits per heavy atom. The van der Waals surface area contributed by atoms with Gasteiger partial charge in [-0.15, -0.1) is 11.8 Å². The van der Waals surface area contributed by atoms with E-state index in [1.54, 1.807) is 17.8 Å². The molecular formula is C11H10Cl2OS. The van der Waals surface area contributed by atoms with Crippen molar-refractivity contribution in [3.8, 4) is 0 Å². The maximum Gasteiger partial charge on any atom is 0.0701 e. The first-order valence-electron chi connectivity index (χ1n) is 4.62. The molecule has 1 heterocycles.